The molecule has 300 valence electrons. The Morgan fingerprint density at radius 1 is 0.397 bits per heavy atom. The number of rotatable bonds is 5. The van der Waals surface area contributed by atoms with Gasteiger partial charge in [-0.2, -0.15) is 0 Å². The molecule has 0 aliphatic heterocycles. The minimum absolute atomic E-state index is 0.758. The lowest BCUT2D eigenvalue weighted by Crippen LogP contribution is -1.97. The number of fused-ring (bicyclic) bond motifs is 7. The van der Waals surface area contributed by atoms with E-state index in [9.17, 15) is 0 Å². The van der Waals surface area contributed by atoms with E-state index in [0.29, 0.717) is 0 Å². The highest BCUT2D eigenvalue weighted by molar-refractivity contribution is 6.12. The van der Waals surface area contributed by atoms with Crippen LogP contribution in [0.15, 0.2) is 206 Å². The van der Waals surface area contributed by atoms with Crippen molar-refractivity contribution >= 4 is 32.7 Å². The fourth-order valence-corrected chi connectivity index (χ4v) is 9.52. The van der Waals surface area contributed by atoms with Gasteiger partial charge in [-0.15, -0.1) is 0 Å². The van der Waals surface area contributed by atoms with Crippen LogP contribution in [0.3, 0.4) is 0 Å². The van der Waals surface area contributed by atoms with Crippen molar-refractivity contribution < 1.29 is 0 Å². The summed E-state index contributed by atoms with van der Waals surface area (Å²) in [6.07, 6.45) is 0.893. The summed E-state index contributed by atoms with van der Waals surface area (Å²) in [5.74, 6) is 0.758. The first-order valence-corrected chi connectivity index (χ1v) is 21.8. The summed E-state index contributed by atoms with van der Waals surface area (Å²) in [5.41, 5.74) is 21.6. The molecule has 0 saturated carbocycles. The molecule has 0 fully saturated rings. The van der Waals surface area contributed by atoms with Gasteiger partial charge >= 0.3 is 0 Å². The number of para-hydroxylation sites is 2. The van der Waals surface area contributed by atoms with Gasteiger partial charge in [0.05, 0.1) is 22.2 Å². The average Bonchev–Trinajstić information content (AvgIpc) is 3.86. The maximum Gasteiger partial charge on any atom is 0.161 e. The summed E-state index contributed by atoms with van der Waals surface area (Å²) >= 11 is 0. The second-order valence-corrected chi connectivity index (χ2v) is 16.7. The van der Waals surface area contributed by atoms with Crippen LogP contribution in [-0.4, -0.2) is 14.5 Å². The van der Waals surface area contributed by atoms with Crippen molar-refractivity contribution in [3.8, 4) is 61.7 Å². The van der Waals surface area contributed by atoms with Crippen LogP contribution in [0, 0.1) is 20.8 Å². The molecule has 3 nitrogen and oxygen atoms in total. The van der Waals surface area contributed by atoms with Crippen LogP contribution in [0.4, 0.5) is 0 Å². The lowest BCUT2D eigenvalue weighted by Gasteiger charge is -2.13. The van der Waals surface area contributed by atoms with E-state index in [2.05, 4.69) is 213 Å². The second-order valence-electron chi connectivity index (χ2n) is 16.7. The molecule has 3 heteroatoms. The first kappa shape index (κ1) is 38.1. The third-order valence-electron chi connectivity index (χ3n) is 12.6. The van der Waals surface area contributed by atoms with Crippen molar-refractivity contribution in [1.82, 2.24) is 14.5 Å². The van der Waals surface area contributed by atoms with E-state index in [0.717, 1.165) is 45.7 Å². The first-order valence-electron chi connectivity index (χ1n) is 21.8. The monoisotopic (exact) mass is 807 g/mol. The smallest absolute Gasteiger partial charge is 0.161 e. The second kappa shape index (κ2) is 15.9. The van der Waals surface area contributed by atoms with Crippen LogP contribution in [0.25, 0.3) is 94.4 Å². The predicted molar refractivity (Wildman–Crippen MR) is 265 cm³/mol. The summed E-state index contributed by atoms with van der Waals surface area (Å²) in [7, 11) is 0. The van der Waals surface area contributed by atoms with Crippen LogP contribution >= 0.6 is 0 Å². The molecule has 0 bridgehead atoms. The summed E-state index contributed by atoms with van der Waals surface area (Å²) in [4.78, 5) is 10.5. The van der Waals surface area contributed by atoms with Gasteiger partial charge in [0.25, 0.3) is 0 Å². The van der Waals surface area contributed by atoms with Crippen molar-refractivity contribution in [2.45, 2.75) is 27.2 Å². The zero-order valence-electron chi connectivity index (χ0n) is 35.7. The molecule has 63 heavy (non-hydrogen) atoms. The molecule has 0 unspecified atom stereocenters. The van der Waals surface area contributed by atoms with Crippen LogP contribution < -0.4 is 0 Å². The third-order valence-corrected chi connectivity index (χ3v) is 12.6. The molecule has 1 aliphatic rings. The van der Waals surface area contributed by atoms with E-state index in [1.165, 1.54) is 83.0 Å². The molecule has 0 atom stereocenters. The van der Waals surface area contributed by atoms with E-state index in [1.807, 2.05) is 18.2 Å². The molecule has 12 rings (SSSR count). The van der Waals surface area contributed by atoms with Crippen molar-refractivity contribution in [3.63, 3.8) is 0 Å². The molecule has 11 aromatic rings. The summed E-state index contributed by atoms with van der Waals surface area (Å²) in [6.45, 7) is 6.53. The zero-order valence-corrected chi connectivity index (χ0v) is 35.7. The SMILES string of the molecule is Cc1ccccc1.Cc1ccccc1-c1cc2c(cc1C)c1cc(-c3ccc4c(c3)-c3c(cccc3-c3nc(-c5ccccc5)c5ccccc5n3)C4)ccc1n2-c1ccccc1. The van der Waals surface area contributed by atoms with Gasteiger partial charge in [0, 0.05) is 33.0 Å². The van der Waals surface area contributed by atoms with Crippen LogP contribution in [0.1, 0.15) is 27.8 Å². The Bertz CT molecular complexity index is 3490. The Labute approximate surface area is 368 Å². The third kappa shape index (κ3) is 6.89. The quantitative estimate of drug-likeness (QED) is 0.173. The molecular formula is C60H45N3. The molecule has 2 heterocycles. The number of hydrogen-bond donors (Lipinski definition) is 0. The van der Waals surface area contributed by atoms with Crippen molar-refractivity contribution in [1.29, 1.82) is 0 Å². The Kier molecular flexibility index (Phi) is 9.59. The van der Waals surface area contributed by atoms with Crippen LogP contribution in [-0.2, 0) is 6.42 Å². The minimum Gasteiger partial charge on any atom is -0.309 e. The highest BCUT2D eigenvalue weighted by atomic mass is 15.0. The van der Waals surface area contributed by atoms with E-state index in [4.69, 9.17) is 9.97 Å². The lowest BCUT2D eigenvalue weighted by atomic mass is 9.93. The standard InChI is InChI=1S/C53H37N3.C7H8/c1-33-14-9-10-20-41(33)44-32-50-46(28-34(44)2)47-31-37(26-27-49(47)56(50)40-18-7-4-8-19-40)36-24-25-38-29-39-17-13-22-43(51(39)45(38)30-36)53-54-48-23-12-11-21-42(48)52(55-53)35-15-5-3-6-16-35;1-7-5-3-2-4-6-7/h3-28,30-32H,29H2,1-2H3;2-6H,1H3. The number of hydrogen-bond acceptors (Lipinski definition) is 2. The van der Waals surface area contributed by atoms with Gasteiger partial charge in [0.2, 0.25) is 0 Å². The minimum atomic E-state index is 0.758. The number of nitrogens with zero attached hydrogens (tertiary/aromatic N) is 3. The lowest BCUT2D eigenvalue weighted by molar-refractivity contribution is 1.18. The van der Waals surface area contributed by atoms with E-state index in [-0.39, 0.29) is 0 Å². The van der Waals surface area contributed by atoms with Gasteiger partial charge in [0.15, 0.2) is 5.82 Å². The summed E-state index contributed by atoms with van der Waals surface area (Å²) in [6, 6.07) is 73.9. The molecule has 0 saturated heterocycles. The highest BCUT2D eigenvalue weighted by Gasteiger charge is 2.25. The van der Waals surface area contributed by atoms with Gasteiger partial charge in [-0.3, -0.25) is 0 Å². The van der Waals surface area contributed by atoms with Crippen LogP contribution in [0.2, 0.25) is 0 Å². The summed E-state index contributed by atoms with van der Waals surface area (Å²) < 4.78 is 2.42. The van der Waals surface area contributed by atoms with Crippen molar-refractivity contribution in [2.75, 3.05) is 0 Å². The van der Waals surface area contributed by atoms with Crippen LogP contribution in [0.5, 0.6) is 0 Å². The molecule has 0 radical (unpaired) electrons. The topological polar surface area (TPSA) is 30.7 Å². The first-order chi connectivity index (χ1) is 31.0. The van der Waals surface area contributed by atoms with Gasteiger partial charge in [0.1, 0.15) is 0 Å². The van der Waals surface area contributed by atoms with E-state index in [1.54, 1.807) is 0 Å². The zero-order chi connectivity index (χ0) is 42.4. The Morgan fingerprint density at radius 3 is 1.84 bits per heavy atom. The van der Waals surface area contributed by atoms with E-state index >= 15 is 0 Å². The van der Waals surface area contributed by atoms with Crippen molar-refractivity contribution in [3.05, 3.63) is 234 Å². The van der Waals surface area contributed by atoms with Gasteiger partial charge in [-0.1, -0.05) is 163 Å². The Balaban J connectivity index is 0.000000581. The van der Waals surface area contributed by atoms with Gasteiger partial charge in [-0.25, -0.2) is 9.97 Å². The van der Waals surface area contributed by atoms with E-state index < -0.39 is 0 Å². The largest absolute Gasteiger partial charge is 0.309 e. The fourth-order valence-electron chi connectivity index (χ4n) is 9.52. The average molecular weight is 808 g/mol. The molecule has 0 spiro atoms. The maximum absolute atomic E-state index is 5.29. The maximum atomic E-state index is 5.29. The molecule has 2 aromatic heterocycles. The normalized spacial score (nSPS) is 11.7. The van der Waals surface area contributed by atoms with Crippen molar-refractivity contribution in [2.24, 2.45) is 0 Å². The number of aryl methyl sites for hydroxylation is 3. The molecule has 0 amide bonds. The Morgan fingerprint density at radius 2 is 1.06 bits per heavy atom. The fraction of sp³-hybridized carbons (Fsp3) is 0.0667. The highest BCUT2D eigenvalue weighted by Crippen LogP contribution is 2.45. The molecule has 1 aliphatic carbocycles. The predicted octanol–water partition coefficient (Wildman–Crippen LogP) is 15.6. The number of aromatic nitrogens is 3. The van der Waals surface area contributed by atoms with Gasteiger partial charge in [-0.05, 0) is 131 Å². The Hall–Kier alpha value is -7.88. The molecular weight excluding hydrogens is 763 g/mol. The van der Waals surface area contributed by atoms with Gasteiger partial charge < -0.3 is 4.57 Å². The molecule has 9 aromatic carbocycles. The molecule has 0 N–H and O–H groups in total. The summed E-state index contributed by atoms with van der Waals surface area (Å²) in [5, 5.41) is 3.57. The number of benzene rings is 9.